The maximum Gasteiger partial charge on any atom is 0.275 e. The highest BCUT2D eigenvalue weighted by atomic mass is 35.5. The van der Waals surface area contributed by atoms with Gasteiger partial charge in [0.25, 0.3) is 11.8 Å². The lowest BCUT2D eigenvalue weighted by Crippen LogP contribution is -2.88. The van der Waals surface area contributed by atoms with E-state index in [1.807, 2.05) is 18.2 Å². The molecule has 4 N–H and O–H groups in total. The molecule has 2 amide bonds. The molecule has 0 unspecified atom stereocenters. The summed E-state index contributed by atoms with van der Waals surface area (Å²) in [6, 6.07) is 7.34. The predicted octanol–water partition coefficient (Wildman–Crippen LogP) is -0.734. The van der Waals surface area contributed by atoms with Crippen LogP contribution in [0.15, 0.2) is 24.3 Å². The first kappa shape index (κ1) is 14.5. The molecular weight excluding hydrogens is 254 g/mol. The number of nitrogens with one attached hydrogen (secondary N) is 2. The summed E-state index contributed by atoms with van der Waals surface area (Å²) in [5.41, 5.74) is 0.874. The molecule has 18 heavy (non-hydrogen) atoms. The number of carbonyl (C=O) groups is 2. The molecule has 1 aromatic carbocycles. The number of likely N-dealkylation sites (N-methyl/N-ethyl adjacent to an activating group) is 1. The van der Waals surface area contributed by atoms with E-state index in [9.17, 15) is 9.59 Å². The molecule has 98 valence electrons. The molecule has 6 heteroatoms. The Balaban J connectivity index is 2.25. The van der Waals surface area contributed by atoms with Gasteiger partial charge in [0.2, 0.25) is 0 Å². The normalized spacial score (nSPS) is 9.89. The van der Waals surface area contributed by atoms with Gasteiger partial charge in [-0.15, -0.1) is 0 Å². The van der Waals surface area contributed by atoms with Gasteiger partial charge in [-0.3, -0.25) is 9.59 Å². The third-order valence-corrected chi connectivity index (χ3v) is 2.74. The van der Waals surface area contributed by atoms with Crippen LogP contribution in [0.1, 0.15) is 5.56 Å². The van der Waals surface area contributed by atoms with Gasteiger partial charge in [0.15, 0.2) is 13.1 Å². The van der Waals surface area contributed by atoms with Crippen LogP contribution >= 0.6 is 11.6 Å². The molecule has 0 spiro atoms. The lowest BCUT2D eigenvalue weighted by atomic mass is 10.2. The van der Waals surface area contributed by atoms with Crippen molar-refractivity contribution in [3.8, 4) is 0 Å². The van der Waals surface area contributed by atoms with Gasteiger partial charge in [-0.1, -0.05) is 29.8 Å². The van der Waals surface area contributed by atoms with Gasteiger partial charge in [0.1, 0.15) is 0 Å². The first-order valence-electron chi connectivity index (χ1n) is 5.66. The second kappa shape index (κ2) is 7.68. The highest BCUT2D eigenvalue weighted by Gasteiger charge is 2.06. The number of carbonyl (C=O) groups excluding carboxylic acids is 2. The standard InChI is InChI=1S/C12H16ClN3O2/c1-14-11(17)7-15-8-12(18)16-6-9-4-2-3-5-10(9)13/h2-5,15H,6-8H2,1H3,(H,14,17)(H,16,18)/p+1. The van der Waals surface area contributed by atoms with Crippen molar-refractivity contribution in [3.05, 3.63) is 34.9 Å². The Morgan fingerprint density at radius 3 is 2.56 bits per heavy atom. The third-order valence-electron chi connectivity index (χ3n) is 2.37. The molecule has 0 atom stereocenters. The fraction of sp³-hybridized carbons (Fsp3) is 0.333. The second-order valence-electron chi connectivity index (χ2n) is 3.74. The Kier molecular flexibility index (Phi) is 6.18. The van der Waals surface area contributed by atoms with Crippen molar-refractivity contribution in [1.29, 1.82) is 0 Å². The maximum atomic E-state index is 11.5. The van der Waals surface area contributed by atoms with E-state index in [4.69, 9.17) is 11.6 Å². The zero-order valence-electron chi connectivity index (χ0n) is 10.2. The van der Waals surface area contributed by atoms with Gasteiger partial charge < -0.3 is 16.0 Å². The molecular formula is C12H17ClN3O2+. The molecule has 0 aliphatic heterocycles. The summed E-state index contributed by atoms with van der Waals surface area (Å²) in [4.78, 5) is 22.4. The highest BCUT2D eigenvalue weighted by Crippen LogP contribution is 2.13. The fourth-order valence-electron chi connectivity index (χ4n) is 1.34. The first-order valence-corrected chi connectivity index (χ1v) is 6.03. The quantitative estimate of drug-likeness (QED) is 0.637. The van der Waals surface area contributed by atoms with Crippen molar-refractivity contribution >= 4 is 23.4 Å². The van der Waals surface area contributed by atoms with Crippen molar-refractivity contribution < 1.29 is 14.9 Å². The lowest BCUT2D eigenvalue weighted by molar-refractivity contribution is -0.633. The Hall–Kier alpha value is -1.59. The number of rotatable bonds is 6. The van der Waals surface area contributed by atoms with Crippen LogP contribution in [0.5, 0.6) is 0 Å². The average molecular weight is 271 g/mol. The number of amides is 2. The molecule has 0 saturated carbocycles. The number of halogens is 1. The van der Waals surface area contributed by atoms with Gasteiger partial charge in [-0.05, 0) is 11.6 Å². The number of benzene rings is 1. The van der Waals surface area contributed by atoms with Crippen LogP contribution in [0.3, 0.4) is 0 Å². The van der Waals surface area contributed by atoms with Crippen LogP contribution in [-0.4, -0.2) is 32.0 Å². The SMILES string of the molecule is CNC(=O)C[NH2+]CC(=O)NCc1ccccc1Cl. The van der Waals surface area contributed by atoms with Crippen LogP contribution < -0.4 is 16.0 Å². The number of hydrogen-bond donors (Lipinski definition) is 3. The molecule has 1 rings (SSSR count). The van der Waals surface area contributed by atoms with Gasteiger partial charge in [-0.25, -0.2) is 0 Å². The third kappa shape index (κ3) is 5.16. The van der Waals surface area contributed by atoms with Crippen LogP contribution in [0.4, 0.5) is 0 Å². The zero-order chi connectivity index (χ0) is 13.4. The van der Waals surface area contributed by atoms with Gasteiger partial charge in [0.05, 0.1) is 0 Å². The molecule has 0 fully saturated rings. The van der Waals surface area contributed by atoms with Gasteiger partial charge in [-0.2, -0.15) is 0 Å². The van der Waals surface area contributed by atoms with E-state index in [1.165, 1.54) is 0 Å². The molecule has 0 saturated heterocycles. The van der Waals surface area contributed by atoms with Gasteiger partial charge >= 0.3 is 0 Å². The van der Waals surface area contributed by atoms with E-state index in [2.05, 4.69) is 10.6 Å². The summed E-state index contributed by atoms with van der Waals surface area (Å²) < 4.78 is 0. The Morgan fingerprint density at radius 2 is 1.89 bits per heavy atom. The number of quaternary nitrogens is 1. The summed E-state index contributed by atoms with van der Waals surface area (Å²) in [6.07, 6.45) is 0. The maximum absolute atomic E-state index is 11.5. The monoisotopic (exact) mass is 270 g/mol. The molecule has 5 nitrogen and oxygen atoms in total. The number of nitrogens with two attached hydrogens (primary N) is 1. The minimum Gasteiger partial charge on any atom is -0.354 e. The molecule has 0 bridgehead atoms. The van der Waals surface area contributed by atoms with E-state index < -0.39 is 0 Å². The summed E-state index contributed by atoms with van der Waals surface area (Å²) >= 11 is 5.96. The fourth-order valence-corrected chi connectivity index (χ4v) is 1.55. The lowest BCUT2D eigenvalue weighted by Gasteiger charge is -2.06. The molecule has 0 aliphatic rings. The zero-order valence-corrected chi connectivity index (χ0v) is 11.0. The molecule has 0 aliphatic carbocycles. The van der Waals surface area contributed by atoms with E-state index in [0.29, 0.717) is 11.6 Å². The van der Waals surface area contributed by atoms with Crippen LogP contribution in [0.2, 0.25) is 5.02 Å². The van der Waals surface area contributed by atoms with Crippen molar-refractivity contribution in [2.75, 3.05) is 20.1 Å². The Bertz CT molecular complexity index is 424. The number of hydrogen-bond acceptors (Lipinski definition) is 2. The summed E-state index contributed by atoms with van der Waals surface area (Å²) in [6.45, 7) is 0.861. The van der Waals surface area contributed by atoms with E-state index in [0.717, 1.165) is 5.56 Å². The van der Waals surface area contributed by atoms with Crippen LogP contribution in [0.25, 0.3) is 0 Å². The van der Waals surface area contributed by atoms with Crippen molar-refractivity contribution in [1.82, 2.24) is 10.6 Å². The minimum absolute atomic E-state index is 0.103. The van der Waals surface area contributed by atoms with Crippen LogP contribution in [0, 0.1) is 0 Å². The smallest absolute Gasteiger partial charge is 0.275 e. The molecule has 1 aromatic rings. The summed E-state index contributed by atoms with van der Waals surface area (Å²) in [5.74, 6) is -0.229. The minimum atomic E-state index is -0.126. The molecule has 0 radical (unpaired) electrons. The van der Waals surface area contributed by atoms with Gasteiger partial charge in [0, 0.05) is 18.6 Å². The van der Waals surface area contributed by atoms with Crippen molar-refractivity contribution in [2.45, 2.75) is 6.54 Å². The Labute approximate surface area is 111 Å². The molecule has 0 aromatic heterocycles. The highest BCUT2D eigenvalue weighted by molar-refractivity contribution is 6.31. The van der Waals surface area contributed by atoms with Crippen molar-refractivity contribution in [2.24, 2.45) is 0 Å². The topological polar surface area (TPSA) is 74.8 Å². The van der Waals surface area contributed by atoms with Crippen LogP contribution in [-0.2, 0) is 16.1 Å². The van der Waals surface area contributed by atoms with E-state index >= 15 is 0 Å². The van der Waals surface area contributed by atoms with E-state index in [1.54, 1.807) is 18.4 Å². The summed E-state index contributed by atoms with van der Waals surface area (Å²) in [5, 5.41) is 7.50. The second-order valence-corrected chi connectivity index (χ2v) is 4.15. The molecule has 0 heterocycles. The summed E-state index contributed by atoms with van der Waals surface area (Å²) in [7, 11) is 1.56. The van der Waals surface area contributed by atoms with Crippen molar-refractivity contribution in [3.63, 3.8) is 0 Å². The first-order chi connectivity index (χ1) is 8.63. The predicted molar refractivity (Wildman–Crippen MR) is 69.0 cm³/mol. The average Bonchev–Trinajstić information content (AvgIpc) is 2.37. The Morgan fingerprint density at radius 1 is 1.22 bits per heavy atom. The van der Waals surface area contributed by atoms with E-state index in [-0.39, 0.29) is 24.9 Å². The largest absolute Gasteiger partial charge is 0.354 e.